The lowest BCUT2D eigenvalue weighted by atomic mass is 10.2. The van der Waals surface area contributed by atoms with Crippen molar-refractivity contribution < 1.29 is 8.78 Å². The van der Waals surface area contributed by atoms with Crippen molar-refractivity contribution in [1.29, 1.82) is 0 Å². The fourth-order valence-corrected chi connectivity index (χ4v) is 0.612. The van der Waals surface area contributed by atoms with Gasteiger partial charge in [-0.1, -0.05) is 12.1 Å². The first-order valence-electron chi connectivity index (χ1n) is 2.76. The summed E-state index contributed by atoms with van der Waals surface area (Å²) in [5, 5.41) is 0. The van der Waals surface area contributed by atoms with Gasteiger partial charge in [0.25, 0.3) is 0 Å². The van der Waals surface area contributed by atoms with E-state index in [2.05, 4.69) is 21.7 Å². The second-order valence-electron chi connectivity index (χ2n) is 1.87. The Balaban J connectivity index is 0.000000461. The van der Waals surface area contributed by atoms with Crippen molar-refractivity contribution in [3.05, 3.63) is 35.4 Å². The summed E-state index contributed by atoms with van der Waals surface area (Å²) < 4.78 is 24.6. The fourth-order valence-electron chi connectivity index (χ4n) is 0.612. The maximum absolute atomic E-state index is 12.4. The van der Waals surface area contributed by atoms with Crippen LogP contribution in [-0.4, -0.2) is 0 Å². The molecule has 0 saturated carbocycles. The van der Waals surface area contributed by atoms with E-state index in [0.29, 0.717) is 5.56 Å². The molecule has 0 aromatic heterocycles. The molecule has 0 saturated heterocycles. The van der Waals surface area contributed by atoms with Gasteiger partial charge in [-0.25, -0.2) is 8.78 Å². The van der Waals surface area contributed by atoms with Crippen LogP contribution in [0.1, 0.15) is 5.56 Å². The highest BCUT2D eigenvalue weighted by Gasteiger charge is 2.00. The first kappa shape index (κ1) is 10.7. The minimum Gasteiger partial charge on any atom is -0.204 e. The van der Waals surface area contributed by atoms with Gasteiger partial charge in [0.15, 0.2) is 11.6 Å². The van der Waals surface area contributed by atoms with Gasteiger partial charge in [-0.3, -0.25) is 0 Å². The highest BCUT2D eigenvalue weighted by molar-refractivity contribution is 6.85. The Morgan fingerprint density at radius 3 is 2.09 bits per heavy atom. The topological polar surface area (TPSA) is 0 Å². The molecular formula is C7H6Cl2F2. The minimum atomic E-state index is -0.782. The standard InChI is InChI=1S/C7H6F2.Cl2/c1-5-3-2-4-6(8)7(5)9;1-2/h2-4H,1H3;. The number of rotatable bonds is 0. The molecule has 0 unspecified atom stereocenters. The number of hydrogen-bond acceptors (Lipinski definition) is 0. The maximum atomic E-state index is 12.4. The Labute approximate surface area is 73.3 Å². The summed E-state index contributed by atoms with van der Waals surface area (Å²) >= 11 is 0. The van der Waals surface area contributed by atoms with Gasteiger partial charge < -0.3 is 0 Å². The molecule has 0 radical (unpaired) electrons. The summed E-state index contributed by atoms with van der Waals surface area (Å²) in [5.74, 6) is -1.53. The average molecular weight is 199 g/mol. The maximum Gasteiger partial charge on any atom is 0.161 e. The highest BCUT2D eigenvalue weighted by Crippen LogP contribution is 2.08. The second-order valence-corrected chi connectivity index (χ2v) is 1.87. The number of hydrogen-bond donors (Lipinski definition) is 0. The molecule has 0 N–H and O–H groups in total. The van der Waals surface area contributed by atoms with E-state index in [1.165, 1.54) is 19.1 Å². The molecule has 11 heavy (non-hydrogen) atoms. The molecule has 0 atom stereocenters. The van der Waals surface area contributed by atoms with Crippen LogP contribution in [0, 0.1) is 18.6 Å². The van der Waals surface area contributed by atoms with Crippen LogP contribution in [0.5, 0.6) is 0 Å². The zero-order valence-corrected chi connectivity index (χ0v) is 7.26. The van der Waals surface area contributed by atoms with Crippen LogP contribution in [0.3, 0.4) is 0 Å². The van der Waals surface area contributed by atoms with E-state index >= 15 is 0 Å². The zero-order valence-electron chi connectivity index (χ0n) is 5.74. The number of aryl methyl sites for hydroxylation is 1. The Bertz CT molecular complexity index is 205. The van der Waals surface area contributed by atoms with E-state index in [1.807, 2.05) is 0 Å². The van der Waals surface area contributed by atoms with Crippen molar-refractivity contribution in [2.45, 2.75) is 6.92 Å². The van der Waals surface area contributed by atoms with Gasteiger partial charge in [0, 0.05) is 21.7 Å². The predicted octanol–water partition coefficient (Wildman–Crippen LogP) is 3.65. The molecule has 4 heteroatoms. The fraction of sp³-hybridized carbons (Fsp3) is 0.143. The number of halogens is 4. The lowest BCUT2D eigenvalue weighted by Gasteiger charge is -1.93. The first-order chi connectivity index (χ1) is 5.22. The molecular weight excluding hydrogens is 193 g/mol. The third kappa shape index (κ3) is 3.04. The Morgan fingerprint density at radius 2 is 1.73 bits per heavy atom. The van der Waals surface area contributed by atoms with Crippen molar-refractivity contribution in [2.75, 3.05) is 0 Å². The molecule has 0 aliphatic carbocycles. The summed E-state index contributed by atoms with van der Waals surface area (Å²) in [6.45, 7) is 1.53. The van der Waals surface area contributed by atoms with E-state index in [0.717, 1.165) is 6.07 Å². The minimum absolute atomic E-state index is 0.343. The molecule has 0 amide bonds. The summed E-state index contributed by atoms with van der Waals surface area (Å²) in [4.78, 5) is 0. The van der Waals surface area contributed by atoms with Crippen LogP contribution in [-0.2, 0) is 0 Å². The lowest BCUT2D eigenvalue weighted by Crippen LogP contribution is -1.85. The van der Waals surface area contributed by atoms with Gasteiger partial charge >= 0.3 is 0 Å². The van der Waals surface area contributed by atoms with Gasteiger partial charge in [0.2, 0.25) is 0 Å². The Kier molecular flexibility index (Phi) is 5.16. The van der Waals surface area contributed by atoms with Crippen LogP contribution < -0.4 is 0 Å². The summed E-state index contributed by atoms with van der Waals surface area (Å²) in [6.07, 6.45) is 0. The smallest absolute Gasteiger partial charge is 0.161 e. The zero-order chi connectivity index (χ0) is 8.85. The van der Waals surface area contributed by atoms with Crippen LogP contribution in [0.4, 0.5) is 8.78 Å². The van der Waals surface area contributed by atoms with Crippen LogP contribution >= 0.6 is 21.7 Å². The average Bonchev–Trinajstić information content (AvgIpc) is 2.04. The molecule has 0 fully saturated rings. The van der Waals surface area contributed by atoms with Crippen molar-refractivity contribution in [3.8, 4) is 0 Å². The van der Waals surface area contributed by atoms with Crippen molar-refractivity contribution in [1.82, 2.24) is 0 Å². The van der Waals surface area contributed by atoms with Gasteiger partial charge in [-0.15, -0.1) is 0 Å². The monoisotopic (exact) mass is 198 g/mol. The molecule has 0 nitrogen and oxygen atoms in total. The van der Waals surface area contributed by atoms with E-state index < -0.39 is 11.6 Å². The Morgan fingerprint density at radius 1 is 1.18 bits per heavy atom. The normalized spacial score (nSPS) is 8.45. The molecule has 62 valence electrons. The van der Waals surface area contributed by atoms with Gasteiger partial charge in [-0.05, 0) is 18.6 Å². The van der Waals surface area contributed by atoms with Crippen molar-refractivity contribution >= 4 is 21.7 Å². The lowest BCUT2D eigenvalue weighted by molar-refractivity contribution is 0.503. The highest BCUT2D eigenvalue weighted by atomic mass is 36.5. The molecule has 0 bridgehead atoms. The van der Waals surface area contributed by atoms with E-state index in [9.17, 15) is 8.78 Å². The first-order valence-corrected chi connectivity index (χ1v) is 3.91. The molecule has 0 spiro atoms. The molecule has 1 rings (SSSR count). The second kappa shape index (κ2) is 5.33. The van der Waals surface area contributed by atoms with Crippen molar-refractivity contribution in [3.63, 3.8) is 0 Å². The van der Waals surface area contributed by atoms with E-state index in [4.69, 9.17) is 0 Å². The predicted molar refractivity (Wildman–Crippen MR) is 42.8 cm³/mol. The molecule has 0 heterocycles. The van der Waals surface area contributed by atoms with Crippen molar-refractivity contribution in [2.24, 2.45) is 0 Å². The van der Waals surface area contributed by atoms with Gasteiger partial charge in [0.1, 0.15) is 0 Å². The van der Waals surface area contributed by atoms with E-state index in [-0.39, 0.29) is 0 Å². The largest absolute Gasteiger partial charge is 0.204 e. The molecule has 1 aromatic carbocycles. The number of benzene rings is 1. The van der Waals surface area contributed by atoms with Crippen LogP contribution in [0.15, 0.2) is 18.2 Å². The Hall–Kier alpha value is -0.340. The quantitative estimate of drug-likeness (QED) is 0.598. The summed E-state index contributed by atoms with van der Waals surface area (Å²) in [5.41, 5.74) is 0.343. The molecule has 0 aliphatic rings. The van der Waals surface area contributed by atoms with E-state index in [1.54, 1.807) is 0 Å². The molecule has 1 aromatic rings. The summed E-state index contributed by atoms with van der Waals surface area (Å²) in [6, 6.07) is 4.11. The SMILES string of the molecule is Cc1cccc(F)c1F.ClCl. The molecule has 0 aliphatic heterocycles. The van der Waals surface area contributed by atoms with Gasteiger partial charge in [0.05, 0.1) is 0 Å². The van der Waals surface area contributed by atoms with Crippen LogP contribution in [0.25, 0.3) is 0 Å². The van der Waals surface area contributed by atoms with Crippen LogP contribution in [0.2, 0.25) is 0 Å². The third-order valence-corrected chi connectivity index (χ3v) is 1.14. The summed E-state index contributed by atoms with van der Waals surface area (Å²) in [7, 11) is 8.22. The third-order valence-electron chi connectivity index (χ3n) is 1.14. The van der Waals surface area contributed by atoms with Gasteiger partial charge in [-0.2, -0.15) is 0 Å².